The van der Waals surface area contributed by atoms with Crippen molar-refractivity contribution in [1.82, 2.24) is 14.8 Å². The predicted molar refractivity (Wildman–Crippen MR) is 74.7 cm³/mol. The fourth-order valence-electron chi connectivity index (χ4n) is 2.22. The van der Waals surface area contributed by atoms with Gasteiger partial charge in [0.1, 0.15) is 0 Å². The Balaban J connectivity index is 1.73. The quantitative estimate of drug-likeness (QED) is 0.888. The van der Waals surface area contributed by atoms with E-state index in [1.165, 1.54) is 10.6 Å². The molecule has 0 aromatic carbocycles. The highest BCUT2D eigenvalue weighted by Crippen LogP contribution is 2.46. The van der Waals surface area contributed by atoms with Crippen LogP contribution in [-0.2, 0) is 7.05 Å². The molecular weight excluding hydrogens is 256 g/mol. The first-order valence-corrected chi connectivity index (χ1v) is 6.58. The predicted octanol–water partition coefficient (Wildman–Crippen LogP) is 1.48. The molecule has 2 heterocycles. The van der Waals surface area contributed by atoms with Gasteiger partial charge in [-0.3, -0.25) is 14.7 Å². The number of carbonyl (C=O) groups is 1. The van der Waals surface area contributed by atoms with Crippen molar-refractivity contribution < 1.29 is 4.79 Å². The molecule has 2 N–H and O–H groups in total. The van der Waals surface area contributed by atoms with Crippen LogP contribution in [0.5, 0.6) is 0 Å². The SMILES string of the molecule is C[C@@H]1C[C@H]1c1cc(NC(=O)c2ccn(C)c(=O)c2)n[nH]1. The first-order chi connectivity index (χ1) is 9.54. The van der Waals surface area contributed by atoms with E-state index in [-0.39, 0.29) is 11.5 Å². The third-order valence-corrected chi connectivity index (χ3v) is 3.71. The molecule has 1 saturated carbocycles. The lowest BCUT2D eigenvalue weighted by Crippen LogP contribution is -2.20. The summed E-state index contributed by atoms with van der Waals surface area (Å²) in [5.41, 5.74) is 1.17. The summed E-state index contributed by atoms with van der Waals surface area (Å²) in [6.45, 7) is 2.18. The Labute approximate surface area is 115 Å². The maximum absolute atomic E-state index is 12.0. The molecule has 0 aliphatic heterocycles. The average Bonchev–Trinajstić information content (AvgIpc) is 2.96. The minimum Gasteiger partial charge on any atom is -0.319 e. The molecule has 3 rings (SSSR count). The highest BCUT2D eigenvalue weighted by molar-refractivity contribution is 6.03. The highest BCUT2D eigenvalue weighted by atomic mass is 16.2. The number of rotatable bonds is 3. The monoisotopic (exact) mass is 272 g/mol. The molecule has 20 heavy (non-hydrogen) atoms. The number of anilines is 1. The van der Waals surface area contributed by atoms with Crippen LogP contribution in [0.15, 0.2) is 29.2 Å². The smallest absolute Gasteiger partial charge is 0.257 e. The lowest BCUT2D eigenvalue weighted by Gasteiger charge is -2.02. The normalized spacial score (nSPS) is 20.7. The molecule has 1 amide bonds. The Morgan fingerprint density at radius 2 is 2.25 bits per heavy atom. The van der Waals surface area contributed by atoms with Crippen LogP contribution in [0.2, 0.25) is 0 Å². The van der Waals surface area contributed by atoms with E-state index < -0.39 is 0 Å². The molecule has 2 aromatic rings. The molecule has 0 spiro atoms. The summed E-state index contributed by atoms with van der Waals surface area (Å²) in [5.74, 6) is 1.36. The van der Waals surface area contributed by atoms with Crippen molar-refractivity contribution in [1.29, 1.82) is 0 Å². The lowest BCUT2D eigenvalue weighted by molar-refractivity contribution is 0.102. The van der Waals surface area contributed by atoms with Crippen molar-refractivity contribution in [3.05, 3.63) is 46.0 Å². The molecule has 6 nitrogen and oxygen atoms in total. The number of aromatic nitrogens is 3. The summed E-state index contributed by atoms with van der Waals surface area (Å²) in [6.07, 6.45) is 2.73. The average molecular weight is 272 g/mol. The van der Waals surface area contributed by atoms with E-state index in [1.54, 1.807) is 19.3 Å². The maximum atomic E-state index is 12.0. The van der Waals surface area contributed by atoms with Gasteiger partial charge in [-0.1, -0.05) is 6.92 Å². The Morgan fingerprint density at radius 1 is 1.50 bits per heavy atom. The number of nitrogens with zero attached hydrogens (tertiary/aromatic N) is 2. The van der Waals surface area contributed by atoms with E-state index in [4.69, 9.17) is 0 Å². The van der Waals surface area contributed by atoms with E-state index in [2.05, 4.69) is 22.4 Å². The first kappa shape index (κ1) is 12.7. The second kappa shape index (κ2) is 4.63. The van der Waals surface area contributed by atoms with Crippen molar-refractivity contribution in [2.75, 3.05) is 5.32 Å². The van der Waals surface area contributed by atoms with E-state index in [0.29, 0.717) is 23.2 Å². The van der Waals surface area contributed by atoms with Crippen LogP contribution < -0.4 is 10.9 Å². The Kier molecular flexibility index (Phi) is 2.93. The molecule has 1 fully saturated rings. The van der Waals surface area contributed by atoms with Crippen LogP contribution in [0.1, 0.15) is 35.3 Å². The number of hydrogen-bond acceptors (Lipinski definition) is 3. The van der Waals surface area contributed by atoms with E-state index >= 15 is 0 Å². The fraction of sp³-hybridized carbons (Fsp3) is 0.357. The van der Waals surface area contributed by atoms with Gasteiger partial charge >= 0.3 is 0 Å². The van der Waals surface area contributed by atoms with E-state index in [9.17, 15) is 9.59 Å². The van der Waals surface area contributed by atoms with Crippen LogP contribution in [-0.4, -0.2) is 20.7 Å². The molecule has 0 unspecified atom stereocenters. The highest BCUT2D eigenvalue weighted by Gasteiger charge is 2.35. The van der Waals surface area contributed by atoms with E-state index in [1.807, 2.05) is 6.07 Å². The van der Waals surface area contributed by atoms with Crippen molar-refractivity contribution in [2.45, 2.75) is 19.3 Å². The van der Waals surface area contributed by atoms with Gasteiger partial charge in [0, 0.05) is 42.6 Å². The van der Waals surface area contributed by atoms with Gasteiger partial charge < -0.3 is 9.88 Å². The van der Waals surface area contributed by atoms with Gasteiger partial charge in [0.05, 0.1) is 0 Å². The van der Waals surface area contributed by atoms with Crippen LogP contribution in [0.25, 0.3) is 0 Å². The number of carbonyl (C=O) groups excluding carboxylic acids is 1. The summed E-state index contributed by atoms with van der Waals surface area (Å²) in [6, 6.07) is 4.77. The first-order valence-electron chi connectivity index (χ1n) is 6.58. The largest absolute Gasteiger partial charge is 0.319 e. The minimum absolute atomic E-state index is 0.216. The summed E-state index contributed by atoms with van der Waals surface area (Å²) >= 11 is 0. The molecule has 0 saturated heterocycles. The van der Waals surface area contributed by atoms with Crippen LogP contribution >= 0.6 is 0 Å². The number of H-pyrrole nitrogens is 1. The number of nitrogens with one attached hydrogen (secondary N) is 2. The van der Waals surface area contributed by atoms with Crippen LogP contribution in [0.4, 0.5) is 5.82 Å². The van der Waals surface area contributed by atoms with Gasteiger partial charge in [-0.25, -0.2) is 0 Å². The number of pyridine rings is 1. The van der Waals surface area contributed by atoms with Gasteiger partial charge in [-0.2, -0.15) is 5.10 Å². The molecule has 6 heteroatoms. The maximum Gasteiger partial charge on any atom is 0.257 e. The molecule has 1 aliphatic carbocycles. The van der Waals surface area contributed by atoms with Gasteiger partial charge in [0.25, 0.3) is 11.5 Å². The topological polar surface area (TPSA) is 79.8 Å². The second-order valence-corrected chi connectivity index (χ2v) is 5.35. The molecule has 0 radical (unpaired) electrons. The zero-order valence-corrected chi connectivity index (χ0v) is 11.4. The molecule has 104 valence electrons. The molecule has 0 bridgehead atoms. The summed E-state index contributed by atoms with van der Waals surface area (Å²) in [5, 5.41) is 9.72. The zero-order valence-electron chi connectivity index (χ0n) is 11.4. The number of amides is 1. The minimum atomic E-state index is -0.329. The zero-order chi connectivity index (χ0) is 14.3. The summed E-state index contributed by atoms with van der Waals surface area (Å²) in [7, 11) is 1.64. The Bertz CT molecular complexity index is 716. The molecule has 2 aromatic heterocycles. The molecule has 2 atom stereocenters. The fourth-order valence-corrected chi connectivity index (χ4v) is 2.22. The van der Waals surface area contributed by atoms with Gasteiger partial charge in [0.2, 0.25) is 0 Å². The Morgan fingerprint density at radius 3 is 2.90 bits per heavy atom. The summed E-state index contributed by atoms with van der Waals surface area (Å²) in [4.78, 5) is 23.5. The van der Waals surface area contributed by atoms with Crippen LogP contribution in [0.3, 0.4) is 0 Å². The number of hydrogen-bond donors (Lipinski definition) is 2. The van der Waals surface area contributed by atoms with Crippen molar-refractivity contribution >= 4 is 11.7 Å². The van der Waals surface area contributed by atoms with E-state index in [0.717, 1.165) is 12.1 Å². The van der Waals surface area contributed by atoms with Gasteiger partial charge in [-0.15, -0.1) is 0 Å². The van der Waals surface area contributed by atoms with Crippen LogP contribution in [0, 0.1) is 5.92 Å². The molecular formula is C14H16N4O2. The van der Waals surface area contributed by atoms with Crippen molar-refractivity contribution in [3.8, 4) is 0 Å². The summed E-state index contributed by atoms with van der Waals surface area (Å²) < 4.78 is 1.41. The Hall–Kier alpha value is -2.37. The van der Waals surface area contributed by atoms with Gasteiger partial charge in [-0.05, 0) is 18.4 Å². The standard InChI is InChI=1S/C14H16N4O2/c1-8-5-10(8)11-7-12(17-16-11)15-14(20)9-3-4-18(2)13(19)6-9/h3-4,6-8,10H,5H2,1-2H3,(H2,15,16,17,20)/t8-,10-/m1/s1. The lowest BCUT2D eigenvalue weighted by atomic mass is 10.2. The van der Waals surface area contributed by atoms with Gasteiger partial charge in [0.15, 0.2) is 5.82 Å². The number of aryl methyl sites for hydroxylation is 1. The third-order valence-electron chi connectivity index (χ3n) is 3.71. The second-order valence-electron chi connectivity index (χ2n) is 5.35. The third kappa shape index (κ3) is 2.36. The number of aromatic amines is 1. The molecule has 1 aliphatic rings. The van der Waals surface area contributed by atoms with Crippen molar-refractivity contribution in [3.63, 3.8) is 0 Å². The van der Waals surface area contributed by atoms with Crippen molar-refractivity contribution in [2.24, 2.45) is 13.0 Å².